The summed E-state index contributed by atoms with van der Waals surface area (Å²) in [6, 6.07) is 17.3. The summed E-state index contributed by atoms with van der Waals surface area (Å²) in [5.41, 5.74) is 2.99. The van der Waals surface area contributed by atoms with E-state index in [4.69, 9.17) is 26.1 Å². The molecule has 2 aromatic heterocycles. The van der Waals surface area contributed by atoms with Crippen LogP contribution in [0.5, 0.6) is 5.75 Å². The van der Waals surface area contributed by atoms with Crippen molar-refractivity contribution in [3.63, 3.8) is 0 Å². The molecule has 0 unspecified atom stereocenters. The normalized spacial score (nSPS) is 14.5. The number of rotatable bonds is 10. The van der Waals surface area contributed by atoms with Gasteiger partial charge in [0, 0.05) is 38.9 Å². The molecule has 1 aliphatic heterocycles. The number of carbonyl (C=O) groups excluding carboxylic acids is 2. The zero-order chi connectivity index (χ0) is 33.9. The molecule has 0 saturated carbocycles. The van der Waals surface area contributed by atoms with E-state index in [1.807, 2.05) is 37.4 Å². The molecule has 0 aliphatic carbocycles. The van der Waals surface area contributed by atoms with Crippen molar-refractivity contribution in [3.05, 3.63) is 126 Å². The quantitative estimate of drug-likeness (QED) is 0.182. The van der Waals surface area contributed by atoms with Crippen molar-refractivity contribution in [1.29, 1.82) is 0 Å². The van der Waals surface area contributed by atoms with Crippen LogP contribution in [0.4, 0.5) is 10.1 Å². The number of anilines is 1. The molecule has 0 bridgehead atoms. The van der Waals surface area contributed by atoms with Gasteiger partial charge in [-0.25, -0.2) is 14.2 Å². The lowest BCUT2D eigenvalue weighted by Crippen LogP contribution is -2.40. The lowest BCUT2D eigenvalue weighted by molar-refractivity contribution is -0.139. The number of ether oxygens (including phenoxy) is 2. The summed E-state index contributed by atoms with van der Waals surface area (Å²) in [6.45, 7) is 3.86. The average Bonchev–Trinajstić information content (AvgIpc) is 3.57. The van der Waals surface area contributed by atoms with Crippen LogP contribution >= 0.6 is 22.9 Å². The Hall–Kier alpha value is -5.00. The summed E-state index contributed by atoms with van der Waals surface area (Å²) in [6.07, 6.45) is 4.80. The number of thiazole rings is 1. The van der Waals surface area contributed by atoms with Gasteiger partial charge < -0.3 is 19.4 Å². The maximum atomic E-state index is 14.4. The number of nitrogens with one attached hydrogen (secondary N) is 1. The van der Waals surface area contributed by atoms with E-state index in [9.17, 15) is 18.8 Å². The maximum Gasteiger partial charge on any atom is 0.338 e. The topological polar surface area (TPSA) is 104 Å². The SMILES string of the molecule is CCCC1=C(C(=O)OCC)[C@H](c2cc(Cl)ccc2OC)n2c(s/c(=C/c3cn(CC(=O)Nc4ccc(F)cc4)c4ccccc34)c2=O)=N1. The van der Waals surface area contributed by atoms with Crippen LogP contribution < -0.4 is 24.9 Å². The second kappa shape index (κ2) is 14.0. The zero-order valence-corrected chi connectivity index (χ0v) is 28.0. The number of fused-ring (bicyclic) bond motifs is 2. The number of methoxy groups -OCH3 is 1. The van der Waals surface area contributed by atoms with E-state index < -0.39 is 17.8 Å². The van der Waals surface area contributed by atoms with Crippen LogP contribution in [0.2, 0.25) is 5.02 Å². The Morgan fingerprint density at radius 1 is 1.10 bits per heavy atom. The standard InChI is InChI=1S/C36H32ClFN4O5S/c1-4-8-27-32(35(45)47-5-2)33(26-18-22(37)11-16-29(26)46-3)42-34(44)30(48-36(42)40-27)17-21-19-41(28-10-7-6-9-25(21)28)20-31(43)39-24-14-12-23(38)13-15-24/h6-7,9-19,33H,4-5,8,20H2,1-3H3,(H,39,43)/b30-17+/t33-/m0/s1. The molecule has 12 heteroatoms. The van der Waals surface area contributed by atoms with Gasteiger partial charge in [0.2, 0.25) is 5.91 Å². The molecule has 0 spiro atoms. The highest BCUT2D eigenvalue weighted by molar-refractivity contribution is 7.07. The van der Waals surface area contributed by atoms with Crippen LogP contribution in [0.25, 0.3) is 17.0 Å². The molecule has 3 heterocycles. The number of para-hydroxylation sites is 1. The molecule has 1 atom stereocenters. The van der Waals surface area contributed by atoms with E-state index in [-0.39, 0.29) is 30.2 Å². The second-order valence-corrected chi connectivity index (χ2v) is 12.5. The predicted octanol–water partition coefficient (Wildman–Crippen LogP) is 5.97. The van der Waals surface area contributed by atoms with Crippen LogP contribution in [0.15, 0.2) is 94.0 Å². The Labute approximate surface area is 284 Å². The van der Waals surface area contributed by atoms with Crippen molar-refractivity contribution in [2.75, 3.05) is 19.0 Å². The predicted molar refractivity (Wildman–Crippen MR) is 185 cm³/mol. The minimum absolute atomic E-state index is 0.00911. The van der Waals surface area contributed by atoms with E-state index in [1.54, 1.807) is 35.8 Å². The van der Waals surface area contributed by atoms with Gasteiger partial charge in [0.25, 0.3) is 5.56 Å². The first-order valence-corrected chi connectivity index (χ1v) is 16.6. The van der Waals surface area contributed by atoms with Crippen LogP contribution in [0.1, 0.15) is 43.9 Å². The number of aromatic nitrogens is 2. The second-order valence-electron chi connectivity index (χ2n) is 11.1. The van der Waals surface area contributed by atoms with E-state index in [0.29, 0.717) is 49.9 Å². The van der Waals surface area contributed by atoms with Gasteiger partial charge in [-0.2, -0.15) is 0 Å². The summed E-state index contributed by atoms with van der Waals surface area (Å²) >= 11 is 7.67. The highest BCUT2D eigenvalue weighted by Crippen LogP contribution is 2.38. The average molecular weight is 687 g/mol. The van der Waals surface area contributed by atoms with Gasteiger partial charge in [0.15, 0.2) is 4.80 Å². The molecule has 1 amide bonds. The van der Waals surface area contributed by atoms with Gasteiger partial charge in [0.05, 0.1) is 29.5 Å². The monoisotopic (exact) mass is 686 g/mol. The number of halogens is 2. The lowest BCUT2D eigenvalue weighted by Gasteiger charge is -2.27. The fraction of sp³-hybridized carbons (Fsp3) is 0.222. The van der Waals surface area contributed by atoms with Gasteiger partial charge in [-0.05, 0) is 68.0 Å². The molecule has 0 radical (unpaired) electrons. The summed E-state index contributed by atoms with van der Waals surface area (Å²) in [4.78, 5) is 46.1. The van der Waals surface area contributed by atoms with Crippen molar-refractivity contribution in [1.82, 2.24) is 9.13 Å². The van der Waals surface area contributed by atoms with Crippen LogP contribution in [0, 0.1) is 5.82 Å². The van der Waals surface area contributed by atoms with Gasteiger partial charge in [-0.15, -0.1) is 0 Å². The van der Waals surface area contributed by atoms with Crippen molar-refractivity contribution in [2.24, 2.45) is 4.99 Å². The Bertz CT molecular complexity index is 2250. The van der Waals surface area contributed by atoms with Crippen molar-refractivity contribution in [3.8, 4) is 5.75 Å². The minimum atomic E-state index is -0.894. The van der Waals surface area contributed by atoms with Gasteiger partial charge in [-0.1, -0.05) is 54.5 Å². The number of hydrogen-bond acceptors (Lipinski definition) is 7. The van der Waals surface area contributed by atoms with Crippen molar-refractivity contribution in [2.45, 2.75) is 39.3 Å². The number of hydrogen-bond donors (Lipinski definition) is 1. The molecule has 6 rings (SSSR count). The number of esters is 1. The molecule has 9 nitrogen and oxygen atoms in total. The Balaban J connectivity index is 1.49. The van der Waals surface area contributed by atoms with Crippen LogP contribution in [0.3, 0.4) is 0 Å². The lowest BCUT2D eigenvalue weighted by atomic mass is 9.93. The van der Waals surface area contributed by atoms with E-state index in [0.717, 1.165) is 16.5 Å². The molecule has 246 valence electrons. The largest absolute Gasteiger partial charge is 0.496 e. The number of benzene rings is 3. The Morgan fingerprint density at radius 2 is 1.88 bits per heavy atom. The summed E-state index contributed by atoms with van der Waals surface area (Å²) < 4.78 is 28.2. The summed E-state index contributed by atoms with van der Waals surface area (Å²) in [7, 11) is 1.52. The smallest absolute Gasteiger partial charge is 0.338 e. The number of nitrogens with zero attached hydrogens (tertiary/aromatic N) is 3. The zero-order valence-electron chi connectivity index (χ0n) is 26.5. The molecule has 1 aliphatic rings. The van der Waals surface area contributed by atoms with E-state index in [2.05, 4.69) is 5.32 Å². The highest BCUT2D eigenvalue weighted by Gasteiger charge is 2.36. The third kappa shape index (κ3) is 6.43. The maximum absolute atomic E-state index is 14.4. The first-order chi connectivity index (χ1) is 23.2. The van der Waals surface area contributed by atoms with Gasteiger partial charge >= 0.3 is 5.97 Å². The molecule has 0 fully saturated rings. The Kier molecular flexibility index (Phi) is 9.61. The van der Waals surface area contributed by atoms with Crippen LogP contribution in [-0.4, -0.2) is 34.7 Å². The summed E-state index contributed by atoms with van der Waals surface area (Å²) in [5, 5.41) is 4.05. The fourth-order valence-electron chi connectivity index (χ4n) is 5.88. The van der Waals surface area contributed by atoms with Gasteiger partial charge in [0.1, 0.15) is 24.2 Å². The van der Waals surface area contributed by atoms with E-state index in [1.165, 1.54) is 47.3 Å². The Morgan fingerprint density at radius 3 is 2.60 bits per heavy atom. The van der Waals surface area contributed by atoms with Crippen LogP contribution in [-0.2, 0) is 20.9 Å². The third-order valence-electron chi connectivity index (χ3n) is 7.93. The molecule has 0 saturated heterocycles. The first kappa shape index (κ1) is 32.9. The highest BCUT2D eigenvalue weighted by atomic mass is 35.5. The van der Waals surface area contributed by atoms with Crippen molar-refractivity contribution >= 4 is 57.5 Å². The minimum Gasteiger partial charge on any atom is -0.496 e. The number of amides is 1. The molecular formula is C36H32ClFN4O5S. The first-order valence-electron chi connectivity index (χ1n) is 15.4. The number of allylic oxidation sites excluding steroid dienone is 1. The van der Waals surface area contributed by atoms with Crippen molar-refractivity contribution < 1.29 is 23.5 Å². The van der Waals surface area contributed by atoms with Gasteiger partial charge in [-0.3, -0.25) is 14.2 Å². The van der Waals surface area contributed by atoms with E-state index >= 15 is 0 Å². The molecule has 3 aromatic carbocycles. The summed E-state index contributed by atoms with van der Waals surface area (Å²) in [5.74, 6) is -0.789. The third-order valence-corrected chi connectivity index (χ3v) is 9.14. The molecular weight excluding hydrogens is 655 g/mol. The molecule has 1 N–H and O–H groups in total. The molecule has 48 heavy (non-hydrogen) atoms. The fourth-order valence-corrected chi connectivity index (χ4v) is 7.08. The molecule has 5 aromatic rings. The number of carbonyl (C=O) groups is 2.